The predicted molar refractivity (Wildman–Crippen MR) is 63.4 cm³/mol. The van der Waals surface area contributed by atoms with Gasteiger partial charge in [-0.2, -0.15) is 16.8 Å². The van der Waals surface area contributed by atoms with Crippen molar-refractivity contribution in [1.82, 2.24) is 0 Å². The van der Waals surface area contributed by atoms with Crippen LogP contribution in [0.2, 0.25) is 0 Å². The molecule has 5 unspecified atom stereocenters. The molecule has 0 spiro atoms. The Balaban J connectivity index is 3.09. The lowest BCUT2D eigenvalue weighted by Crippen LogP contribution is -2.61. The Labute approximate surface area is 116 Å². The second-order valence-corrected chi connectivity index (χ2v) is 7.47. The van der Waals surface area contributed by atoms with Gasteiger partial charge in [0.15, 0.2) is 12.4 Å². The average Bonchev–Trinajstić information content (AvgIpc) is 2.25. The third kappa shape index (κ3) is 4.89. The molecule has 0 aliphatic carbocycles. The van der Waals surface area contributed by atoms with Crippen LogP contribution in [0.15, 0.2) is 0 Å². The Morgan fingerprint density at radius 1 is 1.00 bits per heavy atom. The summed E-state index contributed by atoms with van der Waals surface area (Å²) in [5, 5.41) is 28.4. The Morgan fingerprint density at radius 3 is 1.85 bits per heavy atom. The molecule has 0 radical (unpaired) electrons. The molecular weight excluding hydrogens is 320 g/mol. The minimum absolute atomic E-state index is 0.668. The van der Waals surface area contributed by atoms with Crippen LogP contribution < -0.4 is 0 Å². The lowest BCUT2D eigenvalue weighted by atomic mass is 9.99. The normalized spacial score (nSPS) is 36.0. The van der Waals surface area contributed by atoms with E-state index < -0.39 is 57.5 Å². The standard InChI is InChI=1S/C8H16O10S2/c1-19(12,13)17-6-5(10)4(3-9)16-8(11)7(6)18-20(2,14)15/h4-11H,3H2,1-2H3. The van der Waals surface area contributed by atoms with Crippen molar-refractivity contribution in [2.75, 3.05) is 19.1 Å². The van der Waals surface area contributed by atoms with Gasteiger partial charge in [-0.3, -0.25) is 8.37 Å². The van der Waals surface area contributed by atoms with Crippen LogP contribution in [0.3, 0.4) is 0 Å². The first kappa shape index (κ1) is 17.7. The second kappa shape index (κ2) is 6.19. The summed E-state index contributed by atoms with van der Waals surface area (Å²) in [6.45, 7) is -0.743. The molecule has 0 aromatic rings. The number of hydrogen-bond donors (Lipinski definition) is 3. The minimum Gasteiger partial charge on any atom is -0.394 e. The molecule has 0 aromatic carbocycles. The number of ether oxygens (including phenoxy) is 1. The van der Waals surface area contributed by atoms with Gasteiger partial charge in [0.1, 0.15) is 18.3 Å². The Hall–Kier alpha value is -0.340. The van der Waals surface area contributed by atoms with Gasteiger partial charge in [-0.05, 0) is 0 Å². The summed E-state index contributed by atoms with van der Waals surface area (Å²) in [4.78, 5) is 0. The maximum atomic E-state index is 11.1. The van der Waals surface area contributed by atoms with Crippen molar-refractivity contribution >= 4 is 20.2 Å². The Bertz CT molecular complexity index is 525. The maximum Gasteiger partial charge on any atom is 0.264 e. The largest absolute Gasteiger partial charge is 0.394 e. The smallest absolute Gasteiger partial charge is 0.264 e. The Kier molecular flexibility index (Phi) is 5.48. The van der Waals surface area contributed by atoms with Crippen molar-refractivity contribution in [3.05, 3.63) is 0 Å². The zero-order chi connectivity index (χ0) is 15.7. The van der Waals surface area contributed by atoms with Gasteiger partial charge in [-0.15, -0.1) is 0 Å². The molecule has 1 heterocycles. The highest BCUT2D eigenvalue weighted by Crippen LogP contribution is 2.26. The van der Waals surface area contributed by atoms with E-state index in [1.54, 1.807) is 0 Å². The predicted octanol–water partition coefficient (Wildman–Crippen LogP) is -3.25. The van der Waals surface area contributed by atoms with E-state index in [0.717, 1.165) is 0 Å². The van der Waals surface area contributed by atoms with Crippen LogP contribution in [0.5, 0.6) is 0 Å². The zero-order valence-electron chi connectivity index (χ0n) is 10.6. The summed E-state index contributed by atoms with van der Waals surface area (Å²) in [5.41, 5.74) is 0. The summed E-state index contributed by atoms with van der Waals surface area (Å²) in [7, 11) is -8.16. The van der Waals surface area contributed by atoms with Crippen molar-refractivity contribution < 1.29 is 45.3 Å². The van der Waals surface area contributed by atoms with Gasteiger partial charge in [-0.25, -0.2) is 0 Å². The third-order valence-corrected chi connectivity index (χ3v) is 3.53. The molecule has 120 valence electrons. The molecule has 0 saturated carbocycles. The first-order valence-electron chi connectivity index (χ1n) is 5.33. The molecule has 5 atom stereocenters. The van der Waals surface area contributed by atoms with Crippen LogP contribution in [0.4, 0.5) is 0 Å². The highest BCUT2D eigenvalue weighted by Gasteiger charge is 2.49. The summed E-state index contributed by atoms with van der Waals surface area (Å²) < 4.78 is 58.2. The number of rotatable bonds is 5. The number of aliphatic hydroxyl groups is 3. The van der Waals surface area contributed by atoms with E-state index in [4.69, 9.17) is 9.84 Å². The summed E-state index contributed by atoms with van der Waals surface area (Å²) in [6, 6.07) is 0. The van der Waals surface area contributed by atoms with E-state index in [2.05, 4.69) is 8.37 Å². The lowest BCUT2D eigenvalue weighted by molar-refractivity contribution is -0.274. The molecule has 1 aliphatic rings. The number of hydrogen-bond acceptors (Lipinski definition) is 10. The maximum absolute atomic E-state index is 11.1. The molecule has 1 rings (SSSR count). The van der Waals surface area contributed by atoms with E-state index >= 15 is 0 Å². The molecule has 12 heteroatoms. The van der Waals surface area contributed by atoms with Gasteiger partial charge in [0.05, 0.1) is 19.1 Å². The van der Waals surface area contributed by atoms with E-state index in [-0.39, 0.29) is 0 Å². The molecule has 20 heavy (non-hydrogen) atoms. The minimum atomic E-state index is -4.08. The highest BCUT2D eigenvalue weighted by molar-refractivity contribution is 7.86. The molecule has 3 N–H and O–H groups in total. The molecule has 1 fully saturated rings. The average molecular weight is 336 g/mol. The first-order chi connectivity index (χ1) is 8.94. The van der Waals surface area contributed by atoms with Gasteiger partial charge in [0.25, 0.3) is 20.2 Å². The van der Waals surface area contributed by atoms with Crippen molar-refractivity contribution in [3.63, 3.8) is 0 Å². The van der Waals surface area contributed by atoms with Crippen LogP contribution in [0, 0.1) is 0 Å². The Morgan fingerprint density at radius 2 is 1.45 bits per heavy atom. The van der Waals surface area contributed by atoms with Crippen LogP contribution in [-0.4, -0.2) is 82.0 Å². The molecule has 0 aromatic heterocycles. The zero-order valence-corrected chi connectivity index (χ0v) is 12.2. The monoisotopic (exact) mass is 336 g/mol. The van der Waals surface area contributed by atoms with E-state index in [9.17, 15) is 27.0 Å². The second-order valence-electron chi connectivity index (χ2n) is 4.27. The quantitative estimate of drug-likeness (QED) is 0.435. The van der Waals surface area contributed by atoms with Crippen molar-refractivity contribution in [2.45, 2.75) is 30.7 Å². The lowest BCUT2D eigenvalue weighted by Gasteiger charge is -2.40. The van der Waals surface area contributed by atoms with E-state index in [1.807, 2.05) is 0 Å². The summed E-state index contributed by atoms with van der Waals surface area (Å²) in [5.74, 6) is 0. The molecule has 10 nitrogen and oxygen atoms in total. The van der Waals surface area contributed by atoms with Gasteiger partial charge in [0.2, 0.25) is 0 Å². The first-order valence-corrected chi connectivity index (χ1v) is 8.97. The molecular formula is C8H16O10S2. The fraction of sp³-hybridized carbons (Fsp3) is 1.00. The molecule has 1 saturated heterocycles. The van der Waals surface area contributed by atoms with E-state index in [1.165, 1.54) is 0 Å². The fourth-order valence-electron chi connectivity index (χ4n) is 1.67. The number of aliphatic hydroxyl groups excluding tert-OH is 3. The topological polar surface area (TPSA) is 157 Å². The molecule has 1 aliphatic heterocycles. The highest BCUT2D eigenvalue weighted by atomic mass is 32.2. The van der Waals surface area contributed by atoms with Gasteiger partial charge < -0.3 is 20.1 Å². The van der Waals surface area contributed by atoms with Crippen molar-refractivity contribution in [2.24, 2.45) is 0 Å². The summed E-state index contributed by atoms with van der Waals surface area (Å²) in [6.07, 6.45) is -7.18. The molecule has 0 amide bonds. The van der Waals surface area contributed by atoms with Crippen LogP contribution in [-0.2, 0) is 33.3 Å². The van der Waals surface area contributed by atoms with Gasteiger partial charge >= 0.3 is 0 Å². The van der Waals surface area contributed by atoms with Crippen molar-refractivity contribution in [1.29, 1.82) is 0 Å². The van der Waals surface area contributed by atoms with Crippen LogP contribution >= 0.6 is 0 Å². The van der Waals surface area contributed by atoms with E-state index in [0.29, 0.717) is 12.5 Å². The molecule has 0 bridgehead atoms. The van der Waals surface area contributed by atoms with Gasteiger partial charge in [0, 0.05) is 0 Å². The van der Waals surface area contributed by atoms with Crippen molar-refractivity contribution in [3.8, 4) is 0 Å². The summed E-state index contributed by atoms with van der Waals surface area (Å²) >= 11 is 0. The fourth-order valence-corrected chi connectivity index (χ4v) is 2.91. The SMILES string of the molecule is CS(=O)(=O)OC1C(O)OC(CO)C(O)C1OS(C)(=O)=O. The van der Waals surface area contributed by atoms with Crippen LogP contribution in [0.1, 0.15) is 0 Å². The van der Waals surface area contributed by atoms with Crippen LogP contribution in [0.25, 0.3) is 0 Å². The van der Waals surface area contributed by atoms with Gasteiger partial charge in [-0.1, -0.05) is 0 Å². The third-order valence-electron chi connectivity index (χ3n) is 2.39.